The van der Waals surface area contributed by atoms with E-state index in [4.69, 9.17) is 9.84 Å². The van der Waals surface area contributed by atoms with Crippen molar-refractivity contribution in [1.29, 1.82) is 0 Å². The topological polar surface area (TPSA) is 152 Å². The summed E-state index contributed by atoms with van der Waals surface area (Å²) in [5.74, 6) is 0. The molecule has 2 amide bonds. The van der Waals surface area contributed by atoms with Crippen LogP contribution in [0.1, 0.15) is 6.92 Å². The molecular formula is C9H17N3O7. The van der Waals surface area contributed by atoms with Gasteiger partial charge in [-0.1, -0.05) is 0 Å². The predicted octanol–water partition coefficient (Wildman–Crippen LogP) is -2.50. The van der Waals surface area contributed by atoms with Crippen LogP contribution in [0.3, 0.4) is 0 Å². The fourth-order valence-corrected chi connectivity index (χ4v) is 1.66. The highest BCUT2D eigenvalue weighted by Crippen LogP contribution is 2.19. The predicted molar refractivity (Wildman–Crippen MR) is 60.5 cm³/mol. The van der Waals surface area contributed by atoms with Gasteiger partial charge in [0.2, 0.25) is 0 Å². The molecule has 1 rings (SSSR count). The monoisotopic (exact) mass is 279 g/mol. The Kier molecular flexibility index (Phi) is 5.57. The Morgan fingerprint density at radius 3 is 2.42 bits per heavy atom. The number of amides is 2. The zero-order valence-electron chi connectivity index (χ0n) is 10.2. The number of nitroso groups, excluding NO2 is 1. The van der Waals surface area contributed by atoms with Crippen molar-refractivity contribution >= 4 is 6.03 Å². The van der Waals surface area contributed by atoms with Gasteiger partial charge in [-0.25, -0.2) is 4.79 Å². The molecule has 0 aliphatic carbocycles. The summed E-state index contributed by atoms with van der Waals surface area (Å²) >= 11 is 0. The second-order valence-corrected chi connectivity index (χ2v) is 4.00. The second-order valence-electron chi connectivity index (χ2n) is 4.00. The van der Waals surface area contributed by atoms with Crippen LogP contribution in [0.4, 0.5) is 4.79 Å². The van der Waals surface area contributed by atoms with E-state index in [0.29, 0.717) is 5.01 Å². The summed E-state index contributed by atoms with van der Waals surface area (Å²) in [5, 5.41) is 42.7. The Morgan fingerprint density at radius 2 is 1.95 bits per heavy atom. The molecule has 0 aromatic rings. The van der Waals surface area contributed by atoms with Gasteiger partial charge in [0.25, 0.3) is 0 Å². The van der Waals surface area contributed by atoms with Gasteiger partial charge in [0.15, 0.2) is 6.23 Å². The maximum absolute atomic E-state index is 11.5. The van der Waals surface area contributed by atoms with Crippen LogP contribution in [0.2, 0.25) is 0 Å². The van der Waals surface area contributed by atoms with Gasteiger partial charge in [0, 0.05) is 6.54 Å². The number of rotatable bonds is 4. The summed E-state index contributed by atoms with van der Waals surface area (Å²) in [4.78, 5) is 21.8. The van der Waals surface area contributed by atoms with E-state index < -0.39 is 43.3 Å². The Bertz CT molecular complexity index is 327. The van der Waals surface area contributed by atoms with E-state index in [1.807, 2.05) is 0 Å². The van der Waals surface area contributed by atoms with Crippen LogP contribution in [0, 0.1) is 4.91 Å². The van der Waals surface area contributed by atoms with Crippen molar-refractivity contribution in [2.75, 3.05) is 13.2 Å². The van der Waals surface area contributed by atoms with Crippen LogP contribution < -0.4 is 5.32 Å². The zero-order valence-corrected chi connectivity index (χ0v) is 10.2. The number of hydrogen-bond donors (Lipinski definition) is 5. The molecule has 1 fully saturated rings. The van der Waals surface area contributed by atoms with Crippen molar-refractivity contribution in [3.05, 3.63) is 4.91 Å². The minimum absolute atomic E-state index is 0.00670. The van der Waals surface area contributed by atoms with Gasteiger partial charge in [0.05, 0.1) is 11.9 Å². The number of nitrogens with zero attached hydrogens (tertiary/aromatic N) is 2. The molecule has 0 radical (unpaired) electrons. The number of urea groups is 1. The van der Waals surface area contributed by atoms with Crippen molar-refractivity contribution in [1.82, 2.24) is 10.3 Å². The molecule has 1 aliphatic heterocycles. The Balaban J connectivity index is 2.71. The van der Waals surface area contributed by atoms with Crippen LogP contribution in [0.5, 0.6) is 0 Å². The van der Waals surface area contributed by atoms with Crippen LogP contribution in [-0.2, 0) is 4.74 Å². The SMILES string of the molecule is CCN(N=O)C(=O)N[C@@H]1O[C@H](CO)[C@@H](O)[C@H](O)[C@H]1O. The third kappa shape index (κ3) is 3.36. The Morgan fingerprint density at radius 1 is 1.32 bits per heavy atom. The molecule has 0 spiro atoms. The molecule has 0 saturated carbocycles. The van der Waals surface area contributed by atoms with Crippen LogP contribution in [0.15, 0.2) is 5.29 Å². The molecule has 0 bridgehead atoms. The maximum Gasteiger partial charge on any atom is 0.342 e. The second kappa shape index (κ2) is 6.73. The highest BCUT2D eigenvalue weighted by atomic mass is 16.6. The van der Waals surface area contributed by atoms with Crippen molar-refractivity contribution < 1.29 is 30.0 Å². The summed E-state index contributed by atoms with van der Waals surface area (Å²) in [5.41, 5.74) is 0. The summed E-state index contributed by atoms with van der Waals surface area (Å²) in [6.07, 6.45) is -7.23. The minimum Gasteiger partial charge on any atom is -0.394 e. The fourth-order valence-electron chi connectivity index (χ4n) is 1.66. The highest BCUT2D eigenvalue weighted by molar-refractivity contribution is 5.73. The first kappa shape index (κ1) is 15.7. The van der Waals surface area contributed by atoms with E-state index in [-0.39, 0.29) is 6.54 Å². The van der Waals surface area contributed by atoms with Gasteiger partial charge < -0.3 is 30.5 Å². The molecular weight excluding hydrogens is 262 g/mol. The average molecular weight is 279 g/mol. The third-order valence-electron chi connectivity index (χ3n) is 2.79. The van der Waals surface area contributed by atoms with E-state index in [0.717, 1.165) is 0 Å². The lowest BCUT2D eigenvalue weighted by molar-refractivity contribution is -0.233. The molecule has 1 aliphatic rings. The molecule has 10 nitrogen and oxygen atoms in total. The molecule has 19 heavy (non-hydrogen) atoms. The normalized spacial score (nSPS) is 34.7. The lowest BCUT2D eigenvalue weighted by Gasteiger charge is -2.40. The standard InChI is InChI=1S/C9H17N3O7/c1-2-12(11-18)9(17)10-8-7(16)6(15)5(14)4(3-13)19-8/h4-8,13-16H,2-3H2,1H3,(H,10,17)/t4-,5-,6+,7-,8-/m1/s1. The van der Waals surface area contributed by atoms with E-state index in [2.05, 4.69) is 10.6 Å². The van der Waals surface area contributed by atoms with Crippen LogP contribution >= 0.6 is 0 Å². The summed E-state index contributed by atoms with van der Waals surface area (Å²) in [7, 11) is 0. The van der Waals surface area contributed by atoms with Gasteiger partial charge in [-0.05, 0) is 6.92 Å². The van der Waals surface area contributed by atoms with Gasteiger partial charge in [-0.3, -0.25) is 0 Å². The molecule has 5 N–H and O–H groups in total. The van der Waals surface area contributed by atoms with Crippen LogP contribution in [0.25, 0.3) is 0 Å². The van der Waals surface area contributed by atoms with Gasteiger partial charge in [-0.2, -0.15) is 5.01 Å². The Hall–Kier alpha value is -1.33. The number of hydrogen-bond acceptors (Lipinski definition) is 8. The first-order valence-corrected chi connectivity index (χ1v) is 5.68. The van der Waals surface area contributed by atoms with Crippen molar-refractivity contribution in [3.63, 3.8) is 0 Å². The fraction of sp³-hybridized carbons (Fsp3) is 0.889. The number of nitrogens with one attached hydrogen (secondary N) is 1. The van der Waals surface area contributed by atoms with Gasteiger partial charge in [0.1, 0.15) is 24.4 Å². The molecule has 0 aromatic heterocycles. The lowest BCUT2D eigenvalue weighted by Crippen LogP contribution is -2.64. The van der Waals surface area contributed by atoms with Crippen molar-refractivity contribution in [2.45, 2.75) is 37.6 Å². The van der Waals surface area contributed by atoms with E-state index in [1.54, 1.807) is 0 Å². The first-order valence-electron chi connectivity index (χ1n) is 5.68. The van der Waals surface area contributed by atoms with Crippen molar-refractivity contribution in [3.8, 4) is 0 Å². The zero-order chi connectivity index (χ0) is 14.6. The number of carbonyl (C=O) groups excluding carboxylic acids is 1. The molecule has 10 heteroatoms. The number of aliphatic hydroxyl groups excluding tert-OH is 4. The Labute approximate surface area is 108 Å². The van der Waals surface area contributed by atoms with Crippen molar-refractivity contribution in [2.24, 2.45) is 5.29 Å². The van der Waals surface area contributed by atoms with E-state index in [9.17, 15) is 25.0 Å². The summed E-state index contributed by atoms with van der Waals surface area (Å²) < 4.78 is 5.03. The van der Waals surface area contributed by atoms with E-state index >= 15 is 0 Å². The molecule has 1 saturated heterocycles. The molecule has 0 aromatic carbocycles. The minimum atomic E-state index is -1.60. The maximum atomic E-state index is 11.5. The summed E-state index contributed by atoms with van der Waals surface area (Å²) in [6.45, 7) is 0.905. The highest BCUT2D eigenvalue weighted by Gasteiger charge is 2.44. The van der Waals surface area contributed by atoms with Crippen LogP contribution in [-0.4, -0.2) is 75.3 Å². The number of ether oxygens (including phenoxy) is 1. The smallest absolute Gasteiger partial charge is 0.342 e. The van der Waals surface area contributed by atoms with E-state index in [1.165, 1.54) is 6.92 Å². The quantitative estimate of drug-likeness (QED) is 0.282. The molecule has 5 atom stereocenters. The number of aliphatic hydroxyl groups is 4. The van der Waals surface area contributed by atoms with Gasteiger partial charge in [-0.15, -0.1) is 4.91 Å². The van der Waals surface area contributed by atoms with Gasteiger partial charge >= 0.3 is 6.03 Å². The molecule has 1 heterocycles. The third-order valence-corrected chi connectivity index (χ3v) is 2.79. The summed E-state index contributed by atoms with van der Waals surface area (Å²) in [6, 6.07) is -0.929. The first-order chi connectivity index (χ1) is 8.96. The number of carbonyl (C=O) groups is 1. The average Bonchev–Trinajstić information content (AvgIpc) is 2.40. The largest absolute Gasteiger partial charge is 0.394 e. The molecule has 0 unspecified atom stereocenters. The lowest BCUT2D eigenvalue weighted by atomic mass is 9.98. The molecule has 110 valence electrons.